The third kappa shape index (κ3) is 3.50. The number of halogens is 1. The van der Waals surface area contributed by atoms with E-state index in [1.54, 1.807) is 14.2 Å². The number of methoxy groups -OCH3 is 2. The van der Waals surface area contributed by atoms with Crippen LogP contribution in [0.2, 0.25) is 0 Å². The smallest absolute Gasteiger partial charge is 0.204 e. The molecule has 1 heterocycles. The molecule has 0 saturated carbocycles. The van der Waals surface area contributed by atoms with Crippen molar-refractivity contribution in [2.75, 3.05) is 14.2 Å². The first kappa shape index (κ1) is 15.5. The van der Waals surface area contributed by atoms with Crippen molar-refractivity contribution in [3.8, 4) is 22.9 Å². The molecule has 7 heteroatoms. The van der Waals surface area contributed by atoms with Gasteiger partial charge in [0.15, 0.2) is 0 Å². The number of rotatable bonds is 5. The molecular weight excluding hydrogens is 360 g/mol. The van der Waals surface area contributed by atoms with E-state index in [-0.39, 0.29) is 0 Å². The molecule has 3 aromatic rings. The van der Waals surface area contributed by atoms with Gasteiger partial charge in [-0.05, 0) is 47.7 Å². The number of nitrogens with zero attached hydrogens (tertiary/aromatic N) is 4. The highest BCUT2D eigenvalue weighted by molar-refractivity contribution is 9.10. The molecule has 3 rings (SSSR count). The molecule has 2 aromatic carbocycles. The van der Waals surface area contributed by atoms with Gasteiger partial charge in [-0.25, -0.2) is 0 Å². The molecule has 1 aromatic heterocycles. The number of hydrogen-bond acceptors (Lipinski definition) is 5. The average molecular weight is 375 g/mol. The molecule has 0 atom stereocenters. The Morgan fingerprint density at radius 2 is 1.83 bits per heavy atom. The summed E-state index contributed by atoms with van der Waals surface area (Å²) in [6.07, 6.45) is 0. The van der Waals surface area contributed by atoms with Crippen molar-refractivity contribution in [2.24, 2.45) is 0 Å². The standard InChI is InChI=1S/C16H15BrN4O2/c1-22-14-7-8-15(23-2)12(9-14)10-21-19-16(18-20-21)11-3-5-13(17)6-4-11/h3-9H,10H2,1-2H3. The topological polar surface area (TPSA) is 62.1 Å². The van der Waals surface area contributed by atoms with E-state index in [9.17, 15) is 0 Å². The van der Waals surface area contributed by atoms with Gasteiger partial charge in [0.05, 0.1) is 20.8 Å². The third-order valence-corrected chi connectivity index (χ3v) is 3.88. The maximum Gasteiger partial charge on any atom is 0.204 e. The van der Waals surface area contributed by atoms with E-state index in [4.69, 9.17) is 9.47 Å². The Balaban J connectivity index is 1.85. The van der Waals surface area contributed by atoms with Crippen molar-refractivity contribution in [2.45, 2.75) is 6.54 Å². The Hall–Kier alpha value is -2.41. The number of aromatic nitrogens is 4. The lowest BCUT2D eigenvalue weighted by Gasteiger charge is -2.09. The predicted molar refractivity (Wildman–Crippen MR) is 89.6 cm³/mol. The van der Waals surface area contributed by atoms with Crippen LogP contribution in [0.4, 0.5) is 0 Å². The second kappa shape index (κ2) is 6.78. The quantitative estimate of drug-likeness (QED) is 0.686. The van der Waals surface area contributed by atoms with E-state index in [0.29, 0.717) is 12.4 Å². The van der Waals surface area contributed by atoms with Gasteiger partial charge < -0.3 is 9.47 Å². The van der Waals surface area contributed by atoms with Gasteiger partial charge in [0.1, 0.15) is 11.5 Å². The summed E-state index contributed by atoms with van der Waals surface area (Å²) in [5, 5.41) is 12.6. The first-order valence-corrected chi connectivity index (χ1v) is 7.73. The molecule has 0 N–H and O–H groups in total. The molecule has 0 bridgehead atoms. The van der Waals surface area contributed by atoms with Gasteiger partial charge in [-0.1, -0.05) is 15.9 Å². The molecule has 0 saturated heterocycles. The Morgan fingerprint density at radius 3 is 2.52 bits per heavy atom. The van der Waals surface area contributed by atoms with E-state index in [0.717, 1.165) is 27.1 Å². The monoisotopic (exact) mass is 374 g/mol. The zero-order chi connectivity index (χ0) is 16.2. The molecular formula is C16H15BrN4O2. The van der Waals surface area contributed by atoms with Crippen molar-refractivity contribution >= 4 is 15.9 Å². The summed E-state index contributed by atoms with van der Waals surface area (Å²) < 4.78 is 11.6. The van der Waals surface area contributed by atoms with Gasteiger partial charge in [0.25, 0.3) is 0 Å². The molecule has 0 fully saturated rings. The highest BCUT2D eigenvalue weighted by Gasteiger charge is 2.10. The summed E-state index contributed by atoms with van der Waals surface area (Å²) in [5.41, 5.74) is 1.84. The van der Waals surface area contributed by atoms with Crippen LogP contribution in [0.25, 0.3) is 11.4 Å². The fourth-order valence-corrected chi connectivity index (χ4v) is 2.45. The predicted octanol–water partition coefficient (Wildman–Crippen LogP) is 3.17. The normalized spacial score (nSPS) is 10.6. The minimum absolute atomic E-state index is 0.448. The van der Waals surface area contributed by atoms with Crippen molar-refractivity contribution in [3.05, 3.63) is 52.5 Å². The van der Waals surface area contributed by atoms with Gasteiger partial charge in [-0.15, -0.1) is 10.2 Å². The number of benzene rings is 2. The maximum atomic E-state index is 5.37. The van der Waals surface area contributed by atoms with Crippen LogP contribution < -0.4 is 9.47 Å². The van der Waals surface area contributed by atoms with Crippen LogP contribution >= 0.6 is 15.9 Å². The van der Waals surface area contributed by atoms with E-state index in [1.165, 1.54) is 4.80 Å². The van der Waals surface area contributed by atoms with Crippen LogP contribution in [0.3, 0.4) is 0 Å². The fraction of sp³-hybridized carbons (Fsp3) is 0.188. The lowest BCUT2D eigenvalue weighted by Crippen LogP contribution is -2.06. The summed E-state index contributed by atoms with van der Waals surface area (Å²) in [4.78, 5) is 1.54. The number of tetrazole rings is 1. The molecule has 6 nitrogen and oxygen atoms in total. The van der Waals surface area contributed by atoms with Crippen molar-refractivity contribution in [1.82, 2.24) is 20.2 Å². The van der Waals surface area contributed by atoms with Gasteiger partial charge in [0, 0.05) is 15.6 Å². The Labute approximate surface area is 142 Å². The summed E-state index contributed by atoms with van der Waals surface area (Å²) in [6.45, 7) is 0.448. The SMILES string of the molecule is COc1ccc(OC)c(Cn2nnc(-c3ccc(Br)cc3)n2)c1. The van der Waals surface area contributed by atoms with E-state index < -0.39 is 0 Å². The highest BCUT2D eigenvalue weighted by Crippen LogP contribution is 2.24. The molecule has 0 radical (unpaired) electrons. The molecule has 0 aliphatic carbocycles. The minimum Gasteiger partial charge on any atom is -0.497 e. The fourth-order valence-electron chi connectivity index (χ4n) is 2.18. The van der Waals surface area contributed by atoms with Crippen LogP contribution in [0.5, 0.6) is 11.5 Å². The van der Waals surface area contributed by atoms with E-state index >= 15 is 0 Å². The molecule has 0 aliphatic rings. The molecule has 0 unspecified atom stereocenters. The Morgan fingerprint density at radius 1 is 1.04 bits per heavy atom. The van der Waals surface area contributed by atoms with Crippen LogP contribution in [0.15, 0.2) is 46.9 Å². The lowest BCUT2D eigenvalue weighted by molar-refractivity contribution is 0.395. The van der Waals surface area contributed by atoms with E-state index in [2.05, 4.69) is 31.3 Å². The first-order valence-electron chi connectivity index (χ1n) is 6.94. The van der Waals surface area contributed by atoms with Crippen LogP contribution in [0.1, 0.15) is 5.56 Å². The highest BCUT2D eigenvalue weighted by atomic mass is 79.9. The van der Waals surface area contributed by atoms with Gasteiger partial charge in [0.2, 0.25) is 5.82 Å². The Bertz CT molecular complexity index is 802. The molecule has 23 heavy (non-hydrogen) atoms. The van der Waals surface area contributed by atoms with Crippen LogP contribution in [0, 0.1) is 0 Å². The molecule has 118 valence electrons. The number of ether oxygens (including phenoxy) is 2. The number of hydrogen-bond donors (Lipinski definition) is 0. The summed E-state index contributed by atoms with van der Waals surface area (Å²) >= 11 is 3.41. The van der Waals surface area contributed by atoms with Crippen LogP contribution in [-0.4, -0.2) is 34.4 Å². The second-order valence-corrected chi connectivity index (χ2v) is 5.74. The van der Waals surface area contributed by atoms with Gasteiger partial charge in [-0.3, -0.25) is 0 Å². The Kier molecular flexibility index (Phi) is 4.57. The zero-order valence-electron chi connectivity index (χ0n) is 12.7. The van der Waals surface area contributed by atoms with E-state index in [1.807, 2.05) is 42.5 Å². The second-order valence-electron chi connectivity index (χ2n) is 4.83. The van der Waals surface area contributed by atoms with Gasteiger partial charge >= 0.3 is 0 Å². The lowest BCUT2D eigenvalue weighted by atomic mass is 10.2. The van der Waals surface area contributed by atoms with Gasteiger partial charge in [-0.2, -0.15) is 4.80 Å². The van der Waals surface area contributed by atoms with Crippen molar-refractivity contribution < 1.29 is 9.47 Å². The maximum absolute atomic E-state index is 5.37. The largest absolute Gasteiger partial charge is 0.497 e. The molecule has 0 amide bonds. The minimum atomic E-state index is 0.448. The van der Waals surface area contributed by atoms with Crippen molar-refractivity contribution in [1.29, 1.82) is 0 Å². The summed E-state index contributed by atoms with van der Waals surface area (Å²) in [7, 11) is 3.26. The average Bonchev–Trinajstić information content (AvgIpc) is 3.04. The first-order chi connectivity index (χ1) is 11.2. The summed E-state index contributed by atoms with van der Waals surface area (Å²) in [5.74, 6) is 2.10. The molecule has 0 aliphatic heterocycles. The third-order valence-electron chi connectivity index (χ3n) is 3.35. The zero-order valence-corrected chi connectivity index (χ0v) is 14.3. The molecule has 0 spiro atoms. The summed E-state index contributed by atoms with van der Waals surface area (Å²) in [6, 6.07) is 13.4. The van der Waals surface area contributed by atoms with Crippen LogP contribution in [-0.2, 0) is 6.54 Å². The van der Waals surface area contributed by atoms with Crippen molar-refractivity contribution in [3.63, 3.8) is 0 Å².